The van der Waals surface area contributed by atoms with Gasteiger partial charge in [0.15, 0.2) is 0 Å². The first-order chi connectivity index (χ1) is 11.3. The maximum absolute atomic E-state index is 12.1. The van der Waals surface area contributed by atoms with E-state index >= 15 is 0 Å². The zero-order chi connectivity index (χ0) is 17.7. The molecule has 0 aliphatic heterocycles. The Balaban J connectivity index is 2.05. The van der Waals surface area contributed by atoms with Gasteiger partial charge in [-0.1, -0.05) is 0 Å². The minimum Gasteiger partial charge on any atom is -0.546 e. The minimum absolute atomic E-state index is 0.0754. The van der Waals surface area contributed by atoms with Crippen molar-refractivity contribution < 1.29 is 32.9 Å². The van der Waals surface area contributed by atoms with E-state index in [4.69, 9.17) is 9.47 Å². The lowest BCUT2D eigenvalue weighted by molar-refractivity contribution is -0.312. The summed E-state index contributed by atoms with van der Waals surface area (Å²) in [6.07, 6.45) is 0.0346. The van der Waals surface area contributed by atoms with Gasteiger partial charge in [-0.15, -0.1) is 0 Å². The lowest BCUT2D eigenvalue weighted by atomic mass is 10.2. The fourth-order valence-electron chi connectivity index (χ4n) is 1.78. The average Bonchev–Trinajstić information content (AvgIpc) is 2.51. The van der Waals surface area contributed by atoms with Gasteiger partial charge in [0, 0.05) is 6.07 Å². The molecule has 0 fully saturated rings. The van der Waals surface area contributed by atoms with E-state index in [1.807, 2.05) is 0 Å². The Morgan fingerprint density at radius 1 is 1.17 bits per heavy atom. The highest BCUT2D eigenvalue weighted by Crippen LogP contribution is 2.27. The first-order valence-electron chi connectivity index (χ1n) is 6.92. The van der Waals surface area contributed by atoms with Crippen molar-refractivity contribution in [2.24, 2.45) is 0 Å². The first-order valence-corrected chi connectivity index (χ1v) is 6.92. The van der Waals surface area contributed by atoms with Crippen LogP contribution >= 0.6 is 0 Å². The van der Waals surface area contributed by atoms with E-state index < -0.39 is 18.7 Å². The van der Waals surface area contributed by atoms with Gasteiger partial charge in [0.25, 0.3) is 0 Å². The number of carboxylic acids is 1. The number of alkyl halides is 2. The molecule has 2 rings (SSSR count). The van der Waals surface area contributed by atoms with Crippen LogP contribution in [0.25, 0.3) is 0 Å². The highest BCUT2D eigenvalue weighted by Gasteiger charge is 2.09. The molecule has 0 saturated heterocycles. The second-order valence-corrected chi connectivity index (χ2v) is 4.82. The normalized spacial score (nSPS) is 11.9. The third-order valence-corrected chi connectivity index (χ3v) is 2.94. The lowest BCUT2D eigenvalue weighted by Crippen LogP contribution is -2.37. The molecule has 0 aliphatic rings. The fraction of sp³-hybridized carbons (Fsp3) is 0.250. The van der Waals surface area contributed by atoms with E-state index in [1.54, 1.807) is 25.1 Å². The highest BCUT2D eigenvalue weighted by atomic mass is 19.3. The molecule has 0 spiro atoms. The molecule has 1 atom stereocenters. The molecule has 1 heterocycles. The zero-order valence-corrected chi connectivity index (χ0v) is 12.9. The summed E-state index contributed by atoms with van der Waals surface area (Å²) in [5.74, 6) is -0.393. The molecule has 1 aromatic carbocycles. The van der Waals surface area contributed by atoms with Crippen LogP contribution in [0.15, 0.2) is 36.5 Å². The SMILES string of the molecule is Cc1cc(Oc2ccc(OC(F)F)cn2)ccc1OC(C)C(=O)[O-]. The topological polar surface area (TPSA) is 80.7 Å². The Kier molecular flexibility index (Phi) is 5.51. The molecule has 128 valence electrons. The van der Waals surface area contributed by atoms with E-state index in [1.165, 1.54) is 19.1 Å². The van der Waals surface area contributed by atoms with E-state index in [0.29, 0.717) is 17.1 Å². The summed E-state index contributed by atoms with van der Waals surface area (Å²) in [7, 11) is 0. The summed E-state index contributed by atoms with van der Waals surface area (Å²) in [5.41, 5.74) is 0.651. The number of ether oxygens (including phenoxy) is 3. The van der Waals surface area contributed by atoms with Crippen LogP contribution in [0.2, 0.25) is 0 Å². The summed E-state index contributed by atoms with van der Waals surface area (Å²) >= 11 is 0. The molecule has 0 bridgehead atoms. The Labute approximate surface area is 136 Å². The number of benzene rings is 1. The molecule has 2 aromatic rings. The van der Waals surface area contributed by atoms with Gasteiger partial charge < -0.3 is 24.1 Å². The number of hydrogen-bond donors (Lipinski definition) is 0. The smallest absolute Gasteiger partial charge is 0.387 e. The average molecular weight is 338 g/mol. The van der Waals surface area contributed by atoms with E-state index in [2.05, 4.69) is 9.72 Å². The number of rotatable bonds is 7. The lowest BCUT2D eigenvalue weighted by Gasteiger charge is -2.17. The van der Waals surface area contributed by atoms with Crippen molar-refractivity contribution in [3.8, 4) is 23.1 Å². The van der Waals surface area contributed by atoms with E-state index in [9.17, 15) is 18.7 Å². The van der Waals surface area contributed by atoms with Gasteiger partial charge in [0.2, 0.25) is 5.88 Å². The molecule has 0 amide bonds. The largest absolute Gasteiger partial charge is 0.546 e. The van der Waals surface area contributed by atoms with Crippen LogP contribution in [0.4, 0.5) is 8.78 Å². The van der Waals surface area contributed by atoms with Crippen molar-refractivity contribution in [3.05, 3.63) is 42.1 Å². The maximum atomic E-state index is 12.1. The van der Waals surface area contributed by atoms with Gasteiger partial charge in [0.1, 0.15) is 23.4 Å². The molecule has 0 saturated carbocycles. The first kappa shape index (κ1) is 17.5. The monoisotopic (exact) mass is 338 g/mol. The summed E-state index contributed by atoms with van der Waals surface area (Å²) < 4.78 is 39.0. The number of pyridine rings is 1. The standard InChI is InChI=1S/C16H15F2NO5/c1-9-7-11(3-5-13(9)22-10(2)15(20)21)23-14-6-4-12(8-19-14)24-16(17)18/h3-8,10,16H,1-2H3,(H,20,21)/p-1. The van der Waals surface area contributed by atoms with Gasteiger partial charge in [-0.25, -0.2) is 4.98 Å². The number of nitrogens with zero attached hydrogens (tertiary/aromatic N) is 1. The third-order valence-electron chi connectivity index (χ3n) is 2.94. The molecule has 8 heteroatoms. The Hall–Kier alpha value is -2.90. The van der Waals surface area contributed by atoms with Crippen LogP contribution in [-0.4, -0.2) is 23.7 Å². The predicted octanol–water partition coefficient (Wildman–Crippen LogP) is 2.30. The van der Waals surface area contributed by atoms with E-state index in [-0.39, 0.29) is 11.6 Å². The number of carboxylic acid groups (broad SMARTS) is 1. The summed E-state index contributed by atoms with van der Waals surface area (Å²) in [4.78, 5) is 14.5. The zero-order valence-electron chi connectivity index (χ0n) is 12.9. The molecule has 1 unspecified atom stereocenters. The number of aryl methyl sites for hydroxylation is 1. The second kappa shape index (κ2) is 7.58. The van der Waals surface area contributed by atoms with Crippen molar-refractivity contribution in [2.75, 3.05) is 0 Å². The third kappa shape index (κ3) is 4.80. The van der Waals surface area contributed by atoms with Crippen molar-refractivity contribution in [3.63, 3.8) is 0 Å². The van der Waals surface area contributed by atoms with Crippen molar-refractivity contribution in [1.82, 2.24) is 4.98 Å². The Morgan fingerprint density at radius 2 is 1.88 bits per heavy atom. The van der Waals surface area contributed by atoms with Crippen LogP contribution in [0.5, 0.6) is 23.1 Å². The van der Waals surface area contributed by atoms with Crippen molar-refractivity contribution in [1.29, 1.82) is 0 Å². The van der Waals surface area contributed by atoms with Gasteiger partial charge in [-0.3, -0.25) is 0 Å². The Bertz CT molecular complexity index is 706. The van der Waals surface area contributed by atoms with Gasteiger partial charge in [-0.05, 0) is 43.7 Å². The number of halogens is 2. The number of aliphatic carboxylic acids is 1. The highest BCUT2D eigenvalue weighted by molar-refractivity contribution is 5.70. The van der Waals surface area contributed by atoms with Crippen LogP contribution < -0.4 is 19.3 Å². The molecule has 6 nitrogen and oxygen atoms in total. The summed E-state index contributed by atoms with van der Waals surface area (Å²) in [6.45, 7) is 0.167. The molecular weight excluding hydrogens is 324 g/mol. The fourth-order valence-corrected chi connectivity index (χ4v) is 1.78. The molecule has 0 radical (unpaired) electrons. The van der Waals surface area contributed by atoms with Crippen LogP contribution in [0, 0.1) is 6.92 Å². The molecule has 1 aromatic heterocycles. The quantitative estimate of drug-likeness (QED) is 0.771. The molecule has 0 aliphatic carbocycles. The van der Waals surface area contributed by atoms with Crippen LogP contribution in [0.3, 0.4) is 0 Å². The predicted molar refractivity (Wildman–Crippen MR) is 77.2 cm³/mol. The summed E-state index contributed by atoms with van der Waals surface area (Å²) in [6, 6.07) is 7.44. The molecule has 0 N–H and O–H groups in total. The van der Waals surface area contributed by atoms with Gasteiger partial charge in [-0.2, -0.15) is 8.78 Å². The van der Waals surface area contributed by atoms with Gasteiger partial charge in [0.05, 0.1) is 12.2 Å². The second-order valence-electron chi connectivity index (χ2n) is 4.82. The number of carbonyl (C=O) groups excluding carboxylic acids is 1. The number of hydrogen-bond acceptors (Lipinski definition) is 6. The van der Waals surface area contributed by atoms with Crippen molar-refractivity contribution >= 4 is 5.97 Å². The molecular formula is C16H14F2NO5-. The maximum Gasteiger partial charge on any atom is 0.387 e. The minimum atomic E-state index is -2.92. The summed E-state index contributed by atoms with van der Waals surface area (Å²) in [5, 5.41) is 10.7. The number of aromatic nitrogens is 1. The number of carbonyl (C=O) groups is 1. The Morgan fingerprint density at radius 3 is 2.42 bits per heavy atom. The van der Waals surface area contributed by atoms with Gasteiger partial charge >= 0.3 is 6.61 Å². The van der Waals surface area contributed by atoms with Crippen LogP contribution in [-0.2, 0) is 4.79 Å². The van der Waals surface area contributed by atoms with Crippen molar-refractivity contribution in [2.45, 2.75) is 26.6 Å². The molecule has 24 heavy (non-hydrogen) atoms. The van der Waals surface area contributed by atoms with E-state index in [0.717, 1.165) is 6.20 Å². The van der Waals surface area contributed by atoms with Crippen LogP contribution in [0.1, 0.15) is 12.5 Å².